The quantitative estimate of drug-likeness (QED) is 0.0336. The molecule has 0 amide bonds. The molecule has 0 saturated heterocycles. The van der Waals surface area contributed by atoms with Gasteiger partial charge in [0.1, 0.15) is 57.5 Å². The van der Waals surface area contributed by atoms with E-state index in [0.717, 1.165) is 319 Å². The van der Waals surface area contributed by atoms with Crippen molar-refractivity contribution in [3.8, 4) is 69.6 Å². The Morgan fingerprint density at radius 3 is 0.389 bits per heavy atom. The number of hydrogen-bond donors (Lipinski definition) is 0. The molecule has 5 aromatic rings. The molecule has 0 aliphatic heterocycles. The standard InChI is InChI=1S/C95H150O10.C6H8N2/c1-11-21-31-41-51-96-86-66-77-62-79-69-91(101-56-46-36-26-16-6)81(71-90(79)100-55-45-35-25-15-5)64-83-73-95(105-60-50-40-30-20-10)85(75-94(83)104-59-49-39-29-19-9)65-84-74-92(102-57-47-37-27-17-7)82(72-93(84)103-58-48-38-28-18-8)63-80-70-88(98-53-43-33-23-13-3)78(68-89(80)99-54-44-34-24-14-4)61-76(86)67-87(77)97-52-42-32-22-12-2;7-5-3-1-2-4-6-8/h66-75H,11-65H2,1-10H3;1-4H2. The van der Waals surface area contributed by atoms with E-state index in [1.165, 1.54) is 64.2 Å². The van der Waals surface area contributed by atoms with Gasteiger partial charge >= 0.3 is 0 Å². The molecule has 0 saturated carbocycles. The number of unbranched alkanes of at least 4 members (excludes halogenated alkanes) is 33. The second-order valence-corrected chi connectivity index (χ2v) is 31.8. The number of nitrogens with zero attached hydrogens (tertiary/aromatic N) is 2. The Bertz CT molecular complexity index is 2680. The Morgan fingerprint density at radius 1 is 0.177 bits per heavy atom. The van der Waals surface area contributed by atoms with Crippen molar-refractivity contribution in [2.75, 3.05) is 66.1 Å². The van der Waals surface area contributed by atoms with Crippen LogP contribution in [0.3, 0.4) is 0 Å². The maximum atomic E-state index is 8.03. The molecule has 5 aromatic carbocycles. The minimum atomic E-state index is 0.565. The second-order valence-electron chi connectivity index (χ2n) is 31.8. The largest absolute Gasteiger partial charge is 0.493 e. The van der Waals surface area contributed by atoms with E-state index in [2.05, 4.69) is 130 Å². The fraction of sp³-hybridized carbons (Fsp3) is 0.683. The molecule has 0 fully saturated rings. The number of benzene rings is 5. The highest BCUT2D eigenvalue weighted by Crippen LogP contribution is 2.44. The zero-order valence-corrected chi connectivity index (χ0v) is 73.5. The van der Waals surface area contributed by atoms with E-state index in [-0.39, 0.29) is 0 Å². The number of hydrogen-bond acceptors (Lipinski definition) is 12. The van der Waals surface area contributed by atoms with E-state index in [1.54, 1.807) is 0 Å². The number of rotatable bonds is 63. The first-order valence-corrected chi connectivity index (χ1v) is 46.5. The lowest BCUT2D eigenvalue weighted by Gasteiger charge is -2.22. The average molecular weight is 1560 g/mol. The molecule has 632 valence electrons. The van der Waals surface area contributed by atoms with E-state index in [9.17, 15) is 0 Å². The van der Waals surface area contributed by atoms with Crippen molar-refractivity contribution < 1.29 is 47.4 Å². The summed E-state index contributed by atoms with van der Waals surface area (Å²) in [6.07, 6.45) is 50.0. The van der Waals surface area contributed by atoms with Crippen LogP contribution in [0.25, 0.3) is 0 Å². The first kappa shape index (κ1) is 96.7. The Morgan fingerprint density at radius 2 is 0.292 bits per heavy atom. The van der Waals surface area contributed by atoms with Crippen LogP contribution in [0, 0.1) is 22.7 Å². The van der Waals surface area contributed by atoms with Crippen LogP contribution in [-0.2, 0) is 32.1 Å². The molecule has 0 unspecified atom stereocenters. The highest BCUT2D eigenvalue weighted by atomic mass is 16.5. The van der Waals surface area contributed by atoms with Gasteiger partial charge in [-0.05, 0) is 138 Å². The van der Waals surface area contributed by atoms with E-state index in [1.807, 2.05) is 12.1 Å². The molecule has 0 atom stereocenters. The van der Waals surface area contributed by atoms with Crippen LogP contribution in [0.5, 0.6) is 57.5 Å². The number of nitriles is 2. The molecular weight excluding hydrogens is 1400 g/mol. The first-order chi connectivity index (χ1) is 55.6. The molecule has 0 aromatic heterocycles. The summed E-state index contributed by atoms with van der Waals surface area (Å²) in [7, 11) is 0. The zero-order valence-electron chi connectivity index (χ0n) is 73.5. The van der Waals surface area contributed by atoms with Crippen molar-refractivity contribution >= 4 is 0 Å². The van der Waals surface area contributed by atoms with Crippen molar-refractivity contribution in [1.29, 1.82) is 10.5 Å². The molecule has 113 heavy (non-hydrogen) atoms. The lowest BCUT2D eigenvalue weighted by Crippen LogP contribution is -2.10. The molecule has 12 nitrogen and oxygen atoms in total. The Hall–Kier alpha value is -6.92. The zero-order chi connectivity index (χ0) is 80.8. The van der Waals surface area contributed by atoms with Crippen LogP contribution in [0.15, 0.2) is 60.7 Å². The molecule has 0 heterocycles. The summed E-state index contributed by atoms with van der Waals surface area (Å²) in [5, 5.41) is 16.1. The van der Waals surface area contributed by atoms with Gasteiger partial charge in [0.05, 0.1) is 78.2 Å². The average Bonchev–Trinajstić information content (AvgIpc) is 1.31. The fourth-order valence-corrected chi connectivity index (χ4v) is 14.5. The van der Waals surface area contributed by atoms with E-state index >= 15 is 0 Å². The van der Waals surface area contributed by atoms with Gasteiger partial charge < -0.3 is 47.4 Å². The summed E-state index contributed by atoms with van der Waals surface area (Å²) < 4.78 is 71.9. The smallest absolute Gasteiger partial charge is 0.123 e. The summed E-state index contributed by atoms with van der Waals surface area (Å²) in [6, 6.07) is 27.2. The van der Waals surface area contributed by atoms with Gasteiger partial charge in [0.15, 0.2) is 0 Å². The predicted octanol–water partition coefficient (Wildman–Crippen LogP) is 29.1. The lowest BCUT2D eigenvalue weighted by molar-refractivity contribution is 0.288. The monoisotopic (exact) mass is 1560 g/mol. The molecule has 0 N–H and O–H groups in total. The van der Waals surface area contributed by atoms with Gasteiger partial charge in [0, 0.05) is 101 Å². The fourth-order valence-electron chi connectivity index (χ4n) is 14.5. The van der Waals surface area contributed by atoms with E-state index < -0.39 is 0 Å². The van der Waals surface area contributed by atoms with Crippen LogP contribution in [0.1, 0.15) is 407 Å². The summed E-state index contributed by atoms with van der Waals surface area (Å²) in [6.45, 7) is 29.0. The van der Waals surface area contributed by atoms with Crippen LogP contribution < -0.4 is 47.4 Å². The van der Waals surface area contributed by atoms with Crippen molar-refractivity contribution in [3.63, 3.8) is 0 Å². The molecule has 0 spiro atoms. The van der Waals surface area contributed by atoms with Crippen molar-refractivity contribution in [2.24, 2.45) is 0 Å². The molecule has 12 heteroatoms. The van der Waals surface area contributed by atoms with Gasteiger partial charge in [-0.25, -0.2) is 0 Å². The van der Waals surface area contributed by atoms with Crippen LogP contribution >= 0.6 is 0 Å². The van der Waals surface area contributed by atoms with Crippen LogP contribution in [-0.4, -0.2) is 66.1 Å². The lowest BCUT2D eigenvalue weighted by atomic mass is 9.94. The Labute approximate surface area is 689 Å². The first-order valence-electron chi connectivity index (χ1n) is 46.5. The number of ether oxygens (including phenoxy) is 10. The minimum absolute atomic E-state index is 0.565. The van der Waals surface area contributed by atoms with Crippen molar-refractivity contribution in [2.45, 2.75) is 384 Å². The summed E-state index contributed by atoms with van der Waals surface area (Å²) >= 11 is 0. The molecule has 10 aliphatic carbocycles. The maximum absolute atomic E-state index is 8.03. The maximum Gasteiger partial charge on any atom is 0.123 e. The highest BCUT2D eigenvalue weighted by molar-refractivity contribution is 5.60. The predicted molar refractivity (Wildman–Crippen MR) is 472 cm³/mol. The minimum Gasteiger partial charge on any atom is -0.493 e. The summed E-state index contributed by atoms with van der Waals surface area (Å²) in [5.74, 6) is 8.83. The normalized spacial score (nSPS) is 11.8. The van der Waals surface area contributed by atoms with Gasteiger partial charge in [-0.1, -0.05) is 262 Å². The molecule has 10 bridgehead atoms. The SMILES string of the molecule is CCCCCCOc1cc2c(OCCCCCC)cc1Cc1cc(OCCCCCC)c(cc1OCCCCCC)Cc1cc(OCCCCCC)c(cc1OCCCCCC)Cc1cc(OCCCCCC)c(cc1OCCCCCC)Cc1cc(OCCCCCC)c(cc1OCCCCCC)C2.N#CCCCCC#N. The van der Waals surface area contributed by atoms with E-state index in [0.29, 0.717) is 111 Å². The molecule has 0 radical (unpaired) electrons. The van der Waals surface area contributed by atoms with Crippen molar-refractivity contribution in [3.05, 3.63) is 116 Å². The highest BCUT2D eigenvalue weighted by Gasteiger charge is 2.26. The van der Waals surface area contributed by atoms with Crippen LogP contribution in [0.2, 0.25) is 0 Å². The van der Waals surface area contributed by atoms with Gasteiger partial charge in [-0.15, -0.1) is 0 Å². The summed E-state index contributed by atoms with van der Waals surface area (Å²) in [4.78, 5) is 0. The molecular formula is C101H158N2O10. The molecule has 10 aliphatic rings. The third-order valence-electron chi connectivity index (χ3n) is 21.5. The Kier molecular flexibility index (Phi) is 54.2. The van der Waals surface area contributed by atoms with Crippen molar-refractivity contribution in [1.82, 2.24) is 0 Å². The Balaban J connectivity index is 0.00000269. The summed E-state index contributed by atoms with van der Waals surface area (Å²) in [5.41, 5.74) is 10.8. The van der Waals surface area contributed by atoms with E-state index in [4.69, 9.17) is 57.9 Å². The third-order valence-corrected chi connectivity index (χ3v) is 21.5. The third kappa shape index (κ3) is 39.5. The van der Waals surface area contributed by atoms with Gasteiger partial charge in [-0.3, -0.25) is 0 Å². The molecule has 15 rings (SSSR count). The second kappa shape index (κ2) is 63.3. The van der Waals surface area contributed by atoms with Gasteiger partial charge in [0.25, 0.3) is 0 Å². The topological polar surface area (TPSA) is 140 Å². The van der Waals surface area contributed by atoms with Crippen LogP contribution in [0.4, 0.5) is 0 Å². The van der Waals surface area contributed by atoms with Gasteiger partial charge in [0.2, 0.25) is 0 Å². The van der Waals surface area contributed by atoms with Gasteiger partial charge in [-0.2, -0.15) is 10.5 Å².